The van der Waals surface area contributed by atoms with Crippen molar-refractivity contribution in [3.8, 4) is 23.3 Å². The fourth-order valence-electron chi connectivity index (χ4n) is 1.94. The van der Waals surface area contributed by atoms with Crippen molar-refractivity contribution < 1.29 is 14.2 Å². The molecular weight excluding hydrogens is 290 g/mol. The van der Waals surface area contributed by atoms with Crippen LogP contribution in [0.15, 0.2) is 24.3 Å². The Balaban J connectivity index is 0.00000220. The van der Waals surface area contributed by atoms with E-state index < -0.39 is 0 Å². The predicted molar refractivity (Wildman–Crippen MR) is 85.4 cm³/mol. The highest BCUT2D eigenvalue weighted by atomic mass is 35.5. The maximum atomic E-state index is 5.64. The van der Waals surface area contributed by atoms with Crippen molar-refractivity contribution in [2.45, 2.75) is 6.92 Å². The third-order valence-electron chi connectivity index (χ3n) is 2.98. The van der Waals surface area contributed by atoms with E-state index in [1.807, 2.05) is 31.2 Å². The lowest BCUT2D eigenvalue weighted by Crippen LogP contribution is -2.36. The molecule has 0 unspecified atom stereocenters. The van der Waals surface area contributed by atoms with Crippen LogP contribution in [0.5, 0.6) is 11.5 Å². The SMILES string of the molecule is CCOc1ccccc1OCC#CCN1CCOCC1.Cl. The molecule has 1 aliphatic heterocycles. The Morgan fingerprint density at radius 1 is 1.10 bits per heavy atom. The number of para-hydroxylation sites is 2. The van der Waals surface area contributed by atoms with Gasteiger partial charge in [-0.15, -0.1) is 12.4 Å². The summed E-state index contributed by atoms with van der Waals surface area (Å²) in [7, 11) is 0. The van der Waals surface area contributed by atoms with Gasteiger partial charge in [-0.25, -0.2) is 0 Å². The molecule has 2 rings (SSSR count). The number of hydrogen-bond donors (Lipinski definition) is 0. The molecule has 116 valence electrons. The summed E-state index contributed by atoms with van der Waals surface area (Å²) in [5.41, 5.74) is 0. The molecule has 1 saturated heterocycles. The Labute approximate surface area is 132 Å². The maximum Gasteiger partial charge on any atom is 0.162 e. The van der Waals surface area contributed by atoms with Gasteiger partial charge < -0.3 is 14.2 Å². The van der Waals surface area contributed by atoms with E-state index >= 15 is 0 Å². The summed E-state index contributed by atoms with van der Waals surface area (Å²) in [6, 6.07) is 7.66. The van der Waals surface area contributed by atoms with Crippen molar-refractivity contribution in [2.24, 2.45) is 0 Å². The highest BCUT2D eigenvalue weighted by Gasteiger charge is 2.07. The maximum absolute atomic E-state index is 5.64. The molecule has 0 aliphatic carbocycles. The predicted octanol–water partition coefficient (Wildman–Crippen LogP) is 2.22. The molecule has 1 heterocycles. The first-order valence-corrected chi connectivity index (χ1v) is 7.00. The molecule has 0 aromatic heterocycles. The first-order valence-electron chi connectivity index (χ1n) is 7.00. The van der Waals surface area contributed by atoms with Crippen LogP contribution in [0.2, 0.25) is 0 Å². The second-order valence-electron chi connectivity index (χ2n) is 4.41. The Morgan fingerprint density at radius 3 is 2.43 bits per heavy atom. The molecule has 5 heteroatoms. The Kier molecular flexibility index (Phi) is 8.68. The lowest BCUT2D eigenvalue weighted by atomic mass is 10.3. The van der Waals surface area contributed by atoms with Crippen LogP contribution in [0.25, 0.3) is 0 Å². The summed E-state index contributed by atoms with van der Waals surface area (Å²) in [5.74, 6) is 7.69. The molecule has 4 nitrogen and oxygen atoms in total. The Morgan fingerprint density at radius 2 is 1.76 bits per heavy atom. The molecule has 0 spiro atoms. The summed E-state index contributed by atoms with van der Waals surface area (Å²) in [6.45, 7) is 7.28. The first-order chi connectivity index (χ1) is 9.90. The van der Waals surface area contributed by atoms with E-state index in [1.54, 1.807) is 0 Å². The molecule has 1 aromatic rings. The normalized spacial score (nSPS) is 14.5. The molecule has 1 aliphatic rings. The molecule has 1 fully saturated rings. The monoisotopic (exact) mass is 311 g/mol. The number of halogens is 1. The molecule has 0 atom stereocenters. The van der Waals surface area contributed by atoms with Crippen LogP contribution in [0.4, 0.5) is 0 Å². The second kappa shape index (κ2) is 10.3. The van der Waals surface area contributed by atoms with Gasteiger partial charge in [0.25, 0.3) is 0 Å². The zero-order valence-electron chi connectivity index (χ0n) is 12.3. The fourth-order valence-corrected chi connectivity index (χ4v) is 1.94. The number of nitrogens with zero attached hydrogens (tertiary/aromatic N) is 1. The molecule has 0 amide bonds. The second-order valence-corrected chi connectivity index (χ2v) is 4.41. The van der Waals surface area contributed by atoms with Crippen molar-refractivity contribution >= 4 is 12.4 Å². The highest BCUT2D eigenvalue weighted by Crippen LogP contribution is 2.25. The van der Waals surface area contributed by atoms with Crippen LogP contribution in [-0.4, -0.2) is 51.0 Å². The van der Waals surface area contributed by atoms with Gasteiger partial charge >= 0.3 is 0 Å². The smallest absolute Gasteiger partial charge is 0.162 e. The number of hydrogen-bond acceptors (Lipinski definition) is 4. The summed E-state index contributed by atoms with van der Waals surface area (Å²) in [4.78, 5) is 2.28. The average molecular weight is 312 g/mol. The minimum atomic E-state index is 0. The Hall–Kier alpha value is -1.41. The third kappa shape index (κ3) is 6.26. The van der Waals surface area contributed by atoms with Crippen molar-refractivity contribution in [2.75, 3.05) is 46.1 Å². The third-order valence-corrected chi connectivity index (χ3v) is 2.98. The van der Waals surface area contributed by atoms with E-state index in [0.717, 1.165) is 44.3 Å². The van der Waals surface area contributed by atoms with Crippen LogP contribution in [0.3, 0.4) is 0 Å². The molecule has 21 heavy (non-hydrogen) atoms. The van der Waals surface area contributed by atoms with Crippen molar-refractivity contribution in [3.05, 3.63) is 24.3 Å². The molecule has 0 saturated carbocycles. The topological polar surface area (TPSA) is 30.9 Å². The van der Waals surface area contributed by atoms with Gasteiger partial charge in [-0.3, -0.25) is 4.90 Å². The van der Waals surface area contributed by atoms with Crippen molar-refractivity contribution in [1.82, 2.24) is 4.90 Å². The van der Waals surface area contributed by atoms with E-state index in [2.05, 4.69) is 16.7 Å². The molecular formula is C16H22ClNO3. The summed E-state index contributed by atoms with van der Waals surface area (Å²) < 4.78 is 16.4. The molecule has 0 bridgehead atoms. The van der Waals surface area contributed by atoms with Gasteiger partial charge in [0.05, 0.1) is 26.4 Å². The van der Waals surface area contributed by atoms with Gasteiger partial charge in [0, 0.05) is 13.1 Å². The van der Waals surface area contributed by atoms with Crippen LogP contribution >= 0.6 is 12.4 Å². The lowest BCUT2D eigenvalue weighted by Gasteiger charge is -2.24. The zero-order chi connectivity index (χ0) is 14.0. The van der Waals surface area contributed by atoms with E-state index in [9.17, 15) is 0 Å². The van der Waals surface area contributed by atoms with Crippen molar-refractivity contribution in [1.29, 1.82) is 0 Å². The Bertz CT molecular complexity index is 464. The standard InChI is InChI=1S/C16H21NO3.ClH/c1-2-19-15-7-3-4-8-16(15)20-12-6-5-9-17-10-13-18-14-11-17;/h3-4,7-8H,2,9-14H2,1H3;1H. The van der Waals surface area contributed by atoms with Gasteiger partial charge in [-0.05, 0) is 19.1 Å². The summed E-state index contributed by atoms with van der Waals surface area (Å²) in [6.07, 6.45) is 0. The van der Waals surface area contributed by atoms with Gasteiger partial charge in [0.1, 0.15) is 6.61 Å². The largest absolute Gasteiger partial charge is 0.490 e. The van der Waals surface area contributed by atoms with Gasteiger partial charge in [-0.2, -0.15) is 0 Å². The van der Waals surface area contributed by atoms with Crippen LogP contribution in [0.1, 0.15) is 6.92 Å². The highest BCUT2D eigenvalue weighted by molar-refractivity contribution is 5.85. The number of rotatable bonds is 5. The number of ether oxygens (including phenoxy) is 3. The van der Waals surface area contributed by atoms with Gasteiger partial charge in [0.2, 0.25) is 0 Å². The zero-order valence-corrected chi connectivity index (χ0v) is 13.2. The van der Waals surface area contributed by atoms with Gasteiger partial charge in [-0.1, -0.05) is 24.0 Å². The van der Waals surface area contributed by atoms with E-state index in [-0.39, 0.29) is 12.4 Å². The van der Waals surface area contributed by atoms with E-state index in [1.165, 1.54) is 0 Å². The quantitative estimate of drug-likeness (QED) is 0.780. The van der Waals surface area contributed by atoms with E-state index in [0.29, 0.717) is 13.2 Å². The average Bonchev–Trinajstić information content (AvgIpc) is 2.50. The van der Waals surface area contributed by atoms with Gasteiger partial charge in [0.15, 0.2) is 11.5 Å². The number of morpholine rings is 1. The molecule has 1 aromatic carbocycles. The fraction of sp³-hybridized carbons (Fsp3) is 0.500. The summed E-state index contributed by atoms with van der Waals surface area (Å²) >= 11 is 0. The van der Waals surface area contributed by atoms with Crippen LogP contribution < -0.4 is 9.47 Å². The van der Waals surface area contributed by atoms with Crippen LogP contribution in [0, 0.1) is 11.8 Å². The molecule has 0 N–H and O–H groups in total. The molecule has 0 radical (unpaired) electrons. The number of benzene rings is 1. The minimum Gasteiger partial charge on any atom is -0.490 e. The van der Waals surface area contributed by atoms with Crippen molar-refractivity contribution in [3.63, 3.8) is 0 Å². The lowest BCUT2D eigenvalue weighted by molar-refractivity contribution is 0.0443. The first kappa shape index (κ1) is 17.6. The van der Waals surface area contributed by atoms with E-state index in [4.69, 9.17) is 14.2 Å². The minimum absolute atomic E-state index is 0. The van der Waals surface area contributed by atoms with Crippen LogP contribution in [-0.2, 0) is 4.74 Å². The summed E-state index contributed by atoms with van der Waals surface area (Å²) in [5, 5.41) is 0.